The Balaban J connectivity index is 2.54. The molecule has 0 aliphatic rings. The van der Waals surface area contributed by atoms with Gasteiger partial charge in [0.1, 0.15) is 5.76 Å². The summed E-state index contributed by atoms with van der Waals surface area (Å²) < 4.78 is 10.0. The van der Waals surface area contributed by atoms with Crippen LogP contribution >= 0.6 is 0 Å². The first kappa shape index (κ1) is 13.8. The first-order chi connectivity index (χ1) is 8.08. The molecule has 0 aliphatic carbocycles. The summed E-state index contributed by atoms with van der Waals surface area (Å²) >= 11 is 0. The number of hydrogen-bond donors (Lipinski definition) is 1. The van der Waals surface area contributed by atoms with E-state index in [2.05, 4.69) is 23.9 Å². The lowest BCUT2D eigenvalue weighted by atomic mass is 10.1. The molecule has 0 saturated heterocycles. The van der Waals surface area contributed by atoms with Gasteiger partial charge in [-0.25, -0.2) is 4.79 Å². The van der Waals surface area contributed by atoms with Crippen molar-refractivity contribution in [1.29, 1.82) is 0 Å². The molecule has 2 atom stereocenters. The molecule has 0 radical (unpaired) electrons. The molecule has 0 aliphatic heterocycles. The lowest BCUT2D eigenvalue weighted by Crippen LogP contribution is -2.23. The Bertz CT molecular complexity index is 359. The van der Waals surface area contributed by atoms with Crippen molar-refractivity contribution in [3.05, 3.63) is 23.7 Å². The van der Waals surface area contributed by atoms with Gasteiger partial charge in [-0.15, -0.1) is 0 Å². The molecule has 0 spiro atoms. The monoisotopic (exact) mass is 239 g/mol. The van der Waals surface area contributed by atoms with Crippen LogP contribution in [0.5, 0.6) is 0 Å². The molecule has 1 rings (SSSR count). The average Bonchev–Trinajstić information content (AvgIpc) is 2.83. The molecule has 1 aromatic heterocycles. The van der Waals surface area contributed by atoms with Gasteiger partial charge in [0.2, 0.25) is 5.76 Å². The Kier molecular flexibility index (Phi) is 5.22. The highest BCUT2D eigenvalue weighted by Gasteiger charge is 2.15. The van der Waals surface area contributed by atoms with E-state index >= 15 is 0 Å². The van der Waals surface area contributed by atoms with E-state index in [9.17, 15) is 4.79 Å². The van der Waals surface area contributed by atoms with Crippen molar-refractivity contribution in [3.8, 4) is 0 Å². The van der Waals surface area contributed by atoms with E-state index in [0.29, 0.717) is 5.92 Å². The van der Waals surface area contributed by atoms with Crippen LogP contribution in [0.1, 0.15) is 49.5 Å². The fraction of sp³-hybridized carbons (Fsp3) is 0.615. The number of nitrogens with one attached hydrogen (secondary N) is 1. The number of carbonyl (C=O) groups is 1. The molecule has 1 heterocycles. The molecule has 4 heteroatoms. The molecule has 0 saturated carbocycles. The number of methoxy groups -OCH3 is 1. The third kappa shape index (κ3) is 3.89. The Labute approximate surface area is 102 Å². The van der Waals surface area contributed by atoms with E-state index < -0.39 is 5.97 Å². The molecule has 1 aromatic rings. The van der Waals surface area contributed by atoms with Crippen molar-refractivity contribution in [2.75, 3.05) is 13.7 Å². The molecule has 1 N–H and O–H groups in total. The van der Waals surface area contributed by atoms with E-state index in [1.54, 1.807) is 12.1 Å². The highest BCUT2D eigenvalue weighted by atomic mass is 16.5. The highest BCUT2D eigenvalue weighted by Crippen LogP contribution is 2.17. The number of esters is 1. The van der Waals surface area contributed by atoms with Gasteiger partial charge < -0.3 is 14.5 Å². The van der Waals surface area contributed by atoms with Crippen molar-refractivity contribution >= 4 is 5.97 Å². The third-order valence-electron chi connectivity index (χ3n) is 2.91. The SMILES string of the molecule is CCC(C)CNC(C)c1ccc(C(=O)OC)o1. The van der Waals surface area contributed by atoms with Gasteiger partial charge in [-0.2, -0.15) is 0 Å². The van der Waals surface area contributed by atoms with Crippen molar-refractivity contribution in [1.82, 2.24) is 5.32 Å². The van der Waals surface area contributed by atoms with Gasteiger partial charge in [0, 0.05) is 0 Å². The zero-order chi connectivity index (χ0) is 12.8. The number of hydrogen-bond acceptors (Lipinski definition) is 4. The minimum atomic E-state index is -0.439. The molecule has 0 bridgehead atoms. The summed E-state index contributed by atoms with van der Waals surface area (Å²) in [5.74, 6) is 1.20. The summed E-state index contributed by atoms with van der Waals surface area (Å²) in [5, 5.41) is 3.37. The summed E-state index contributed by atoms with van der Waals surface area (Å²) in [6.07, 6.45) is 1.14. The topological polar surface area (TPSA) is 51.5 Å². The maximum atomic E-state index is 11.2. The van der Waals surface area contributed by atoms with Crippen LogP contribution < -0.4 is 5.32 Å². The predicted octanol–water partition coefficient (Wildman–Crippen LogP) is 2.76. The van der Waals surface area contributed by atoms with Crippen LogP contribution in [0.2, 0.25) is 0 Å². The number of rotatable bonds is 6. The summed E-state index contributed by atoms with van der Waals surface area (Å²) in [4.78, 5) is 11.2. The lowest BCUT2D eigenvalue weighted by Gasteiger charge is -2.14. The van der Waals surface area contributed by atoms with Crippen LogP contribution in [-0.4, -0.2) is 19.6 Å². The van der Waals surface area contributed by atoms with Gasteiger partial charge in [0.15, 0.2) is 0 Å². The van der Waals surface area contributed by atoms with Crippen LogP contribution in [0.4, 0.5) is 0 Å². The predicted molar refractivity (Wildman–Crippen MR) is 65.9 cm³/mol. The van der Waals surface area contributed by atoms with Crippen molar-refractivity contribution in [3.63, 3.8) is 0 Å². The lowest BCUT2D eigenvalue weighted by molar-refractivity contribution is 0.0562. The molecule has 96 valence electrons. The van der Waals surface area contributed by atoms with Gasteiger partial charge in [-0.05, 0) is 31.5 Å². The Hall–Kier alpha value is -1.29. The molecular weight excluding hydrogens is 218 g/mol. The van der Waals surface area contributed by atoms with Crippen LogP contribution in [0.25, 0.3) is 0 Å². The second kappa shape index (κ2) is 6.45. The fourth-order valence-electron chi connectivity index (χ4n) is 1.42. The second-order valence-electron chi connectivity index (χ2n) is 4.34. The highest BCUT2D eigenvalue weighted by molar-refractivity contribution is 5.86. The molecular formula is C13H21NO3. The largest absolute Gasteiger partial charge is 0.463 e. The maximum absolute atomic E-state index is 11.2. The van der Waals surface area contributed by atoms with Crippen molar-refractivity contribution < 1.29 is 13.9 Å². The van der Waals surface area contributed by atoms with E-state index in [4.69, 9.17) is 4.42 Å². The Morgan fingerprint density at radius 3 is 2.76 bits per heavy atom. The summed E-state index contributed by atoms with van der Waals surface area (Å²) in [6.45, 7) is 7.31. The Morgan fingerprint density at radius 1 is 1.47 bits per heavy atom. The number of ether oxygens (including phenoxy) is 1. The minimum Gasteiger partial charge on any atom is -0.463 e. The van der Waals surface area contributed by atoms with Gasteiger partial charge in [0.25, 0.3) is 0 Å². The first-order valence-corrected chi connectivity index (χ1v) is 5.99. The van der Waals surface area contributed by atoms with Crippen molar-refractivity contribution in [2.24, 2.45) is 5.92 Å². The smallest absolute Gasteiger partial charge is 0.373 e. The quantitative estimate of drug-likeness (QED) is 0.775. The molecule has 0 amide bonds. The molecule has 0 fully saturated rings. The minimum absolute atomic E-state index is 0.0995. The maximum Gasteiger partial charge on any atom is 0.373 e. The zero-order valence-electron chi connectivity index (χ0n) is 10.9. The van der Waals surface area contributed by atoms with Gasteiger partial charge in [-0.3, -0.25) is 0 Å². The molecule has 17 heavy (non-hydrogen) atoms. The van der Waals surface area contributed by atoms with Gasteiger partial charge >= 0.3 is 5.97 Å². The van der Waals surface area contributed by atoms with Crippen LogP contribution in [0.15, 0.2) is 16.5 Å². The van der Waals surface area contributed by atoms with Gasteiger partial charge in [0.05, 0.1) is 13.2 Å². The third-order valence-corrected chi connectivity index (χ3v) is 2.91. The molecule has 0 aromatic carbocycles. The fourth-order valence-corrected chi connectivity index (χ4v) is 1.42. The normalized spacial score (nSPS) is 14.4. The first-order valence-electron chi connectivity index (χ1n) is 5.99. The number of carbonyl (C=O) groups excluding carboxylic acids is 1. The zero-order valence-corrected chi connectivity index (χ0v) is 10.9. The summed E-state index contributed by atoms with van der Waals surface area (Å²) in [7, 11) is 1.34. The molecule has 2 unspecified atom stereocenters. The number of furan rings is 1. The van der Waals surface area contributed by atoms with E-state index in [0.717, 1.165) is 18.7 Å². The van der Waals surface area contributed by atoms with E-state index in [-0.39, 0.29) is 11.8 Å². The standard InChI is InChI=1S/C13H21NO3/c1-5-9(2)8-14-10(3)11-6-7-12(17-11)13(15)16-4/h6-7,9-10,14H,5,8H2,1-4H3. The second-order valence-corrected chi connectivity index (χ2v) is 4.34. The Morgan fingerprint density at radius 2 is 2.18 bits per heavy atom. The summed E-state index contributed by atoms with van der Waals surface area (Å²) in [6, 6.07) is 3.55. The molecule has 4 nitrogen and oxygen atoms in total. The average molecular weight is 239 g/mol. The van der Waals surface area contributed by atoms with Crippen molar-refractivity contribution in [2.45, 2.75) is 33.2 Å². The van der Waals surface area contributed by atoms with Crippen LogP contribution in [-0.2, 0) is 4.74 Å². The van der Waals surface area contributed by atoms with Crippen LogP contribution in [0, 0.1) is 5.92 Å². The van der Waals surface area contributed by atoms with Gasteiger partial charge in [-0.1, -0.05) is 20.3 Å². The van der Waals surface area contributed by atoms with E-state index in [1.807, 2.05) is 6.92 Å². The van der Waals surface area contributed by atoms with E-state index in [1.165, 1.54) is 7.11 Å². The summed E-state index contributed by atoms with van der Waals surface area (Å²) in [5.41, 5.74) is 0. The van der Waals surface area contributed by atoms with Crippen LogP contribution in [0.3, 0.4) is 0 Å².